The van der Waals surface area contributed by atoms with E-state index < -0.39 is 0 Å². The van der Waals surface area contributed by atoms with Gasteiger partial charge in [0.05, 0.1) is 6.54 Å². The van der Waals surface area contributed by atoms with E-state index in [1.807, 2.05) is 78.9 Å². The van der Waals surface area contributed by atoms with Crippen molar-refractivity contribution in [3.8, 4) is 0 Å². The maximum Gasteiger partial charge on any atom is 0.247 e. The molecule has 0 N–H and O–H groups in total. The zero-order chi connectivity index (χ0) is 20.2. The fourth-order valence-corrected chi connectivity index (χ4v) is 4.03. The molecule has 0 saturated carbocycles. The number of aryl methyl sites for hydroxylation is 1. The van der Waals surface area contributed by atoms with Crippen LogP contribution in [0.2, 0.25) is 0 Å². The number of carbonyl (C=O) groups is 2. The zero-order valence-electron chi connectivity index (χ0n) is 15.9. The minimum absolute atomic E-state index is 0.0131. The molecule has 29 heavy (non-hydrogen) atoms. The quantitative estimate of drug-likeness (QED) is 0.553. The first-order chi connectivity index (χ1) is 14.1. The van der Waals surface area contributed by atoms with Crippen LogP contribution in [-0.2, 0) is 22.6 Å². The number of amides is 2. The summed E-state index contributed by atoms with van der Waals surface area (Å²) in [5, 5.41) is 0. The number of fused-ring (bicyclic) bond motifs is 1. The highest BCUT2D eigenvalue weighted by molar-refractivity contribution is 9.10. The molecule has 4 rings (SSSR count). The molecule has 146 valence electrons. The molecule has 0 aliphatic carbocycles. The van der Waals surface area contributed by atoms with E-state index in [1.165, 1.54) is 0 Å². The Morgan fingerprint density at radius 3 is 2.34 bits per heavy atom. The molecule has 0 bridgehead atoms. The average Bonchev–Trinajstić information content (AvgIpc) is 2.75. The predicted molar refractivity (Wildman–Crippen MR) is 119 cm³/mol. The average molecular weight is 449 g/mol. The summed E-state index contributed by atoms with van der Waals surface area (Å²) >= 11 is 3.49. The van der Waals surface area contributed by atoms with Gasteiger partial charge in [0, 0.05) is 22.3 Å². The van der Waals surface area contributed by atoms with Crippen LogP contribution in [0.4, 0.5) is 11.4 Å². The second-order valence-corrected chi connectivity index (χ2v) is 7.97. The molecule has 0 spiro atoms. The number of rotatable bonds is 5. The van der Waals surface area contributed by atoms with Gasteiger partial charge < -0.3 is 9.80 Å². The van der Waals surface area contributed by atoms with Crippen molar-refractivity contribution < 1.29 is 9.59 Å². The van der Waals surface area contributed by atoms with Crippen molar-refractivity contribution in [3.05, 3.63) is 94.5 Å². The number of benzene rings is 3. The van der Waals surface area contributed by atoms with Gasteiger partial charge in [-0.15, -0.1) is 0 Å². The van der Waals surface area contributed by atoms with Crippen molar-refractivity contribution in [2.45, 2.75) is 19.4 Å². The van der Waals surface area contributed by atoms with Crippen molar-refractivity contribution in [2.24, 2.45) is 0 Å². The largest absolute Gasteiger partial charge is 0.306 e. The second kappa shape index (κ2) is 8.62. The molecule has 0 aromatic heterocycles. The Balaban J connectivity index is 1.62. The predicted octanol–water partition coefficient (Wildman–Crippen LogP) is 4.96. The van der Waals surface area contributed by atoms with Gasteiger partial charge in [-0.2, -0.15) is 0 Å². The summed E-state index contributed by atoms with van der Waals surface area (Å²) in [6, 6.07) is 25.3. The smallest absolute Gasteiger partial charge is 0.247 e. The van der Waals surface area contributed by atoms with Gasteiger partial charge in [0.15, 0.2) is 0 Å². The fourth-order valence-electron chi connectivity index (χ4n) is 3.62. The summed E-state index contributed by atoms with van der Waals surface area (Å²) in [4.78, 5) is 29.4. The van der Waals surface area contributed by atoms with Gasteiger partial charge in [-0.05, 0) is 47.9 Å². The van der Waals surface area contributed by atoms with E-state index in [0.29, 0.717) is 19.4 Å². The highest BCUT2D eigenvalue weighted by Crippen LogP contribution is 2.30. The molecular weight excluding hydrogens is 428 g/mol. The van der Waals surface area contributed by atoms with Crippen LogP contribution in [0.1, 0.15) is 17.5 Å². The summed E-state index contributed by atoms with van der Waals surface area (Å²) in [5.41, 5.74) is 3.77. The van der Waals surface area contributed by atoms with Gasteiger partial charge in [-0.1, -0.05) is 64.5 Å². The molecule has 1 aliphatic heterocycles. The summed E-state index contributed by atoms with van der Waals surface area (Å²) in [7, 11) is 0. The Morgan fingerprint density at radius 2 is 1.62 bits per heavy atom. The monoisotopic (exact) mass is 448 g/mol. The fraction of sp³-hybridized carbons (Fsp3) is 0.167. The van der Waals surface area contributed by atoms with Crippen molar-refractivity contribution in [2.75, 3.05) is 16.3 Å². The van der Waals surface area contributed by atoms with Crippen LogP contribution in [0.5, 0.6) is 0 Å². The van der Waals surface area contributed by atoms with E-state index in [9.17, 15) is 9.59 Å². The van der Waals surface area contributed by atoms with Crippen LogP contribution in [0, 0.1) is 0 Å². The first-order valence-electron chi connectivity index (χ1n) is 9.60. The Bertz CT molecular complexity index is 1020. The molecule has 5 heteroatoms. The Morgan fingerprint density at radius 1 is 0.931 bits per heavy atom. The molecule has 0 atom stereocenters. The molecule has 1 aliphatic rings. The standard InChI is InChI=1S/C24H21BrN2O2/c25-20-12-13-22-19(15-20)11-14-23(28)27(22)17-24(29)26(21-9-5-2-6-10-21)16-18-7-3-1-4-8-18/h1-10,12-13,15H,11,14,16-17H2. The maximum atomic E-state index is 13.4. The molecule has 0 fully saturated rings. The van der Waals surface area contributed by atoms with Gasteiger partial charge in [-0.25, -0.2) is 0 Å². The van der Waals surface area contributed by atoms with Crippen LogP contribution in [0.3, 0.4) is 0 Å². The molecule has 3 aromatic rings. The molecule has 2 amide bonds. The van der Waals surface area contributed by atoms with Crippen molar-refractivity contribution in [1.29, 1.82) is 0 Å². The number of halogens is 1. The van der Waals surface area contributed by atoms with E-state index in [4.69, 9.17) is 0 Å². The van der Waals surface area contributed by atoms with Crippen LogP contribution >= 0.6 is 15.9 Å². The molecule has 0 unspecified atom stereocenters. The molecule has 0 radical (unpaired) electrons. The number of para-hydroxylation sites is 1. The third kappa shape index (κ3) is 4.40. The second-order valence-electron chi connectivity index (χ2n) is 7.05. The lowest BCUT2D eigenvalue weighted by atomic mass is 10.0. The minimum Gasteiger partial charge on any atom is -0.306 e. The number of hydrogen-bond donors (Lipinski definition) is 0. The topological polar surface area (TPSA) is 40.6 Å². The van der Waals surface area contributed by atoms with Crippen molar-refractivity contribution in [3.63, 3.8) is 0 Å². The van der Waals surface area contributed by atoms with Crippen molar-refractivity contribution >= 4 is 39.1 Å². The van der Waals surface area contributed by atoms with Crippen LogP contribution in [-0.4, -0.2) is 18.4 Å². The third-order valence-electron chi connectivity index (χ3n) is 5.09. The maximum absolute atomic E-state index is 13.4. The third-order valence-corrected chi connectivity index (χ3v) is 5.58. The van der Waals surface area contributed by atoms with E-state index in [0.717, 1.165) is 27.0 Å². The molecule has 3 aromatic carbocycles. The summed E-state index contributed by atoms with van der Waals surface area (Å²) in [6.07, 6.45) is 1.12. The van der Waals surface area contributed by atoms with Gasteiger partial charge in [0.1, 0.15) is 6.54 Å². The summed E-state index contributed by atoms with van der Waals surface area (Å²) < 4.78 is 0.979. The molecule has 0 saturated heterocycles. The van der Waals surface area contributed by atoms with E-state index in [-0.39, 0.29) is 18.4 Å². The molecular formula is C24H21BrN2O2. The number of carbonyl (C=O) groups excluding carboxylic acids is 2. The number of hydrogen-bond acceptors (Lipinski definition) is 2. The highest BCUT2D eigenvalue weighted by atomic mass is 79.9. The normalized spacial score (nSPS) is 13.1. The van der Waals surface area contributed by atoms with E-state index in [2.05, 4.69) is 15.9 Å². The SMILES string of the molecule is O=C(CN1C(=O)CCc2cc(Br)ccc21)N(Cc1ccccc1)c1ccccc1. The van der Waals surface area contributed by atoms with Crippen LogP contribution < -0.4 is 9.80 Å². The Hall–Kier alpha value is -2.92. The first-order valence-corrected chi connectivity index (χ1v) is 10.4. The van der Waals surface area contributed by atoms with Gasteiger partial charge >= 0.3 is 0 Å². The number of nitrogens with zero attached hydrogens (tertiary/aromatic N) is 2. The van der Waals surface area contributed by atoms with Crippen molar-refractivity contribution in [1.82, 2.24) is 0 Å². The van der Waals surface area contributed by atoms with Crippen LogP contribution in [0.25, 0.3) is 0 Å². The van der Waals surface area contributed by atoms with E-state index in [1.54, 1.807) is 9.80 Å². The minimum atomic E-state index is -0.107. The van der Waals surface area contributed by atoms with Crippen LogP contribution in [0.15, 0.2) is 83.3 Å². The Labute approximate surface area is 178 Å². The number of anilines is 2. The van der Waals surface area contributed by atoms with Gasteiger partial charge in [0.25, 0.3) is 0 Å². The van der Waals surface area contributed by atoms with Gasteiger partial charge in [-0.3, -0.25) is 9.59 Å². The summed E-state index contributed by atoms with van der Waals surface area (Å²) in [5.74, 6) is -0.120. The molecule has 1 heterocycles. The zero-order valence-corrected chi connectivity index (χ0v) is 17.5. The highest BCUT2D eigenvalue weighted by Gasteiger charge is 2.28. The Kier molecular flexibility index (Phi) is 5.76. The van der Waals surface area contributed by atoms with Gasteiger partial charge in [0.2, 0.25) is 11.8 Å². The molecule has 4 nitrogen and oxygen atoms in total. The lowest BCUT2D eigenvalue weighted by Gasteiger charge is -2.31. The summed E-state index contributed by atoms with van der Waals surface area (Å²) in [6.45, 7) is 0.480. The lowest BCUT2D eigenvalue weighted by Crippen LogP contribution is -2.44. The van der Waals surface area contributed by atoms with E-state index >= 15 is 0 Å². The lowest BCUT2D eigenvalue weighted by molar-refractivity contribution is -0.122. The first kappa shape index (κ1) is 19.4.